The lowest BCUT2D eigenvalue weighted by Gasteiger charge is -2.13. The zero-order chi connectivity index (χ0) is 11.6. The Morgan fingerprint density at radius 2 is 1.93 bits per heavy atom. The Morgan fingerprint density at radius 1 is 1.33 bits per heavy atom. The Kier molecular flexibility index (Phi) is 3.31. The largest absolute Gasteiger partial charge is 0.573 e. The number of hydrogen-bond acceptors (Lipinski definition) is 3. The van der Waals surface area contributed by atoms with Crippen molar-refractivity contribution in [2.45, 2.75) is 12.9 Å². The van der Waals surface area contributed by atoms with Crippen LogP contribution in [-0.4, -0.2) is 6.36 Å². The van der Waals surface area contributed by atoms with Gasteiger partial charge in [0.25, 0.3) is 0 Å². The molecule has 0 fully saturated rings. The Labute approximate surface area is 88.8 Å². The van der Waals surface area contributed by atoms with E-state index in [2.05, 4.69) is 4.74 Å². The van der Waals surface area contributed by atoms with Gasteiger partial charge in [0.15, 0.2) is 5.75 Å². The zero-order valence-corrected chi connectivity index (χ0v) is 8.19. The van der Waals surface area contributed by atoms with Gasteiger partial charge in [-0.3, -0.25) is 0 Å². The van der Waals surface area contributed by atoms with E-state index in [0.29, 0.717) is 5.56 Å². The first-order valence-corrected chi connectivity index (χ1v) is 4.25. The fourth-order valence-electron chi connectivity index (χ4n) is 1.03. The van der Waals surface area contributed by atoms with Crippen LogP contribution in [0.2, 0.25) is 5.02 Å². The van der Waals surface area contributed by atoms with Gasteiger partial charge in [-0.25, -0.2) is 0 Å². The van der Waals surface area contributed by atoms with Gasteiger partial charge < -0.3 is 16.2 Å². The van der Waals surface area contributed by atoms with Crippen LogP contribution in [0.5, 0.6) is 5.75 Å². The first kappa shape index (κ1) is 11.9. The third-order valence-electron chi connectivity index (χ3n) is 1.64. The Hall–Kier alpha value is -1.14. The fourth-order valence-corrected chi connectivity index (χ4v) is 1.26. The predicted octanol–water partition coefficient (Wildman–Crippen LogP) is 2.28. The van der Waals surface area contributed by atoms with Gasteiger partial charge in [0.1, 0.15) is 0 Å². The molecule has 7 heteroatoms. The highest BCUT2D eigenvalue weighted by Crippen LogP contribution is 2.33. The summed E-state index contributed by atoms with van der Waals surface area (Å²) in [6.45, 7) is -0.0133. The van der Waals surface area contributed by atoms with E-state index in [4.69, 9.17) is 23.1 Å². The van der Waals surface area contributed by atoms with Gasteiger partial charge in [-0.05, 0) is 11.6 Å². The van der Waals surface area contributed by atoms with E-state index in [-0.39, 0.29) is 17.3 Å². The molecule has 0 unspecified atom stereocenters. The zero-order valence-electron chi connectivity index (χ0n) is 7.44. The molecule has 0 radical (unpaired) electrons. The summed E-state index contributed by atoms with van der Waals surface area (Å²) in [6, 6.07) is 2.38. The molecule has 0 saturated heterocycles. The third kappa shape index (κ3) is 3.17. The summed E-state index contributed by atoms with van der Waals surface area (Å²) in [4.78, 5) is 0. The summed E-state index contributed by atoms with van der Waals surface area (Å²) in [6.07, 6.45) is -4.80. The minimum Gasteiger partial charge on any atom is -0.404 e. The number of ether oxygens (including phenoxy) is 1. The molecule has 0 spiro atoms. The molecule has 0 aliphatic carbocycles. The van der Waals surface area contributed by atoms with Gasteiger partial charge >= 0.3 is 6.36 Å². The molecular formula is C8H8ClF3N2O. The van der Waals surface area contributed by atoms with Crippen LogP contribution in [0.25, 0.3) is 0 Å². The monoisotopic (exact) mass is 240 g/mol. The van der Waals surface area contributed by atoms with Crippen molar-refractivity contribution in [3.63, 3.8) is 0 Å². The van der Waals surface area contributed by atoms with Crippen LogP contribution in [-0.2, 0) is 6.54 Å². The molecule has 0 saturated carbocycles. The lowest BCUT2D eigenvalue weighted by molar-refractivity contribution is -0.274. The smallest absolute Gasteiger partial charge is 0.404 e. The lowest BCUT2D eigenvalue weighted by Crippen LogP contribution is -2.18. The molecule has 0 atom stereocenters. The number of anilines is 1. The number of nitrogens with two attached hydrogens (primary N) is 2. The third-order valence-corrected chi connectivity index (χ3v) is 1.86. The molecule has 4 N–H and O–H groups in total. The van der Waals surface area contributed by atoms with E-state index in [0.717, 1.165) is 6.07 Å². The summed E-state index contributed by atoms with van der Waals surface area (Å²) in [5.41, 5.74) is 10.8. The first-order chi connectivity index (χ1) is 6.83. The quantitative estimate of drug-likeness (QED) is 0.780. The van der Waals surface area contributed by atoms with Crippen LogP contribution >= 0.6 is 11.6 Å². The average molecular weight is 241 g/mol. The van der Waals surface area contributed by atoms with Crippen LogP contribution in [0.3, 0.4) is 0 Å². The van der Waals surface area contributed by atoms with E-state index in [9.17, 15) is 13.2 Å². The van der Waals surface area contributed by atoms with Crippen molar-refractivity contribution in [3.8, 4) is 5.75 Å². The Bertz CT molecular complexity index is 368. The number of halogens is 4. The molecule has 84 valence electrons. The molecule has 0 heterocycles. The minimum atomic E-state index is -4.80. The molecule has 1 aromatic carbocycles. The molecule has 3 nitrogen and oxygen atoms in total. The topological polar surface area (TPSA) is 61.3 Å². The summed E-state index contributed by atoms with van der Waals surface area (Å²) < 4.78 is 39.5. The average Bonchev–Trinajstić information content (AvgIpc) is 2.08. The highest BCUT2D eigenvalue weighted by atomic mass is 35.5. The summed E-state index contributed by atoms with van der Waals surface area (Å²) in [5, 5.41) is 0.0869. The molecule has 1 aromatic rings. The van der Waals surface area contributed by atoms with Crippen LogP contribution in [0.15, 0.2) is 12.1 Å². The van der Waals surface area contributed by atoms with Gasteiger partial charge in [0, 0.05) is 17.6 Å². The van der Waals surface area contributed by atoms with E-state index in [1.807, 2.05) is 0 Å². The second-order valence-electron chi connectivity index (χ2n) is 2.73. The maximum Gasteiger partial charge on any atom is 0.573 e. The van der Waals surface area contributed by atoms with Gasteiger partial charge in [-0.2, -0.15) is 0 Å². The minimum absolute atomic E-state index is 0.0133. The molecule has 0 aliphatic rings. The standard InChI is InChI=1S/C8H8ClF3N2O/c9-5-1-4(3-13)7(14)6(2-5)15-8(10,11)12/h1-2H,3,13-14H2. The molecular weight excluding hydrogens is 233 g/mol. The van der Waals surface area contributed by atoms with E-state index in [1.54, 1.807) is 0 Å². The molecule has 15 heavy (non-hydrogen) atoms. The predicted molar refractivity (Wildman–Crippen MR) is 50.4 cm³/mol. The van der Waals surface area contributed by atoms with Crippen LogP contribution in [0.1, 0.15) is 5.56 Å². The van der Waals surface area contributed by atoms with Crippen LogP contribution in [0, 0.1) is 0 Å². The van der Waals surface area contributed by atoms with Gasteiger partial charge in [-0.15, -0.1) is 13.2 Å². The van der Waals surface area contributed by atoms with E-state index in [1.165, 1.54) is 6.07 Å². The molecule has 0 aromatic heterocycles. The van der Waals surface area contributed by atoms with Crippen molar-refractivity contribution < 1.29 is 17.9 Å². The van der Waals surface area contributed by atoms with Crippen molar-refractivity contribution in [1.29, 1.82) is 0 Å². The normalized spacial score (nSPS) is 11.5. The van der Waals surface area contributed by atoms with Gasteiger partial charge in [0.05, 0.1) is 5.69 Å². The number of benzene rings is 1. The van der Waals surface area contributed by atoms with Crippen molar-refractivity contribution in [2.75, 3.05) is 5.73 Å². The maximum atomic E-state index is 11.9. The van der Waals surface area contributed by atoms with E-state index >= 15 is 0 Å². The highest BCUT2D eigenvalue weighted by molar-refractivity contribution is 6.30. The van der Waals surface area contributed by atoms with Crippen molar-refractivity contribution in [1.82, 2.24) is 0 Å². The highest BCUT2D eigenvalue weighted by Gasteiger charge is 2.32. The number of rotatable bonds is 2. The number of hydrogen-bond donors (Lipinski definition) is 2. The molecule has 0 amide bonds. The number of nitrogen functional groups attached to an aromatic ring is 1. The Balaban J connectivity index is 3.12. The van der Waals surface area contributed by atoms with Gasteiger partial charge in [0.2, 0.25) is 0 Å². The van der Waals surface area contributed by atoms with Crippen molar-refractivity contribution in [3.05, 3.63) is 22.7 Å². The Morgan fingerprint density at radius 3 is 2.40 bits per heavy atom. The van der Waals surface area contributed by atoms with Crippen LogP contribution < -0.4 is 16.2 Å². The second kappa shape index (κ2) is 4.16. The lowest BCUT2D eigenvalue weighted by atomic mass is 10.1. The molecule has 1 rings (SSSR count). The molecule has 0 aliphatic heterocycles. The second-order valence-corrected chi connectivity index (χ2v) is 3.17. The first-order valence-electron chi connectivity index (χ1n) is 3.87. The summed E-state index contributed by atoms with van der Waals surface area (Å²) in [5.74, 6) is -0.532. The van der Waals surface area contributed by atoms with Gasteiger partial charge in [-0.1, -0.05) is 11.6 Å². The van der Waals surface area contributed by atoms with E-state index < -0.39 is 12.1 Å². The summed E-state index contributed by atoms with van der Waals surface area (Å²) in [7, 11) is 0. The van der Waals surface area contributed by atoms with Crippen molar-refractivity contribution >= 4 is 17.3 Å². The number of alkyl halides is 3. The summed E-state index contributed by atoms with van der Waals surface area (Å²) >= 11 is 5.57. The van der Waals surface area contributed by atoms with Crippen molar-refractivity contribution in [2.24, 2.45) is 5.73 Å². The molecule has 0 bridgehead atoms. The fraction of sp³-hybridized carbons (Fsp3) is 0.250. The van der Waals surface area contributed by atoms with Crippen LogP contribution in [0.4, 0.5) is 18.9 Å². The SMILES string of the molecule is NCc1cc(Cl)cc(OC(F)(F)F)c1N. The maximum absolute atomic E-state index is 11.9.